The molecule has 0 saturated carbocycles. The first-order valence-corrected chi connectivity index (χ1v) is 11.4. The van der Waals surface area contributed by atoms with Gasteiger partial charge in [0, 0.05) is 25.3 Å². The van der Waals surface area contributed by atoms with Crippen LogP contribution >= 0.6 is 0 Å². The molecular formula is C26H25N9. The summed E-state index contributed by atoms with van der Waals surface area (Å²) in [6.07, 6.45) is 1.98. The fourth-order valence-electron chi connectivity index (χ4n) is 4.34. The van der Waals surface area contributed by atoms with Gasteiger partial charge in [-0.1, -0.05) is 71.8 Å². The number of nitriles is 1. The minimum absolute atomic E-state index is 0.0745. The van der Waals surface area contributed by atoms with Crippen LogP contribution in [0.15, 0.2) is 89.9 Å². The zero-order valence-corrected chi connectivity index (χ0v) is 19.4. The number of piperazine rings is 1. The lowest BCUT2D eigenvalue weighted by molar-refractivity contribution is 0.282. The normalized spacial score (nSPS) is 16.1. The number of aliphatic imine (C=N–C) groups is 1. The van der Waals surface area contributed by atoms with Gasteiger partial charge in [0.15, 0.2) is 0 Å². The Morgan fingerprint density at radius 1 is 0.971 bits per heavy atom. The minimum atomic E-state index is -0.0745. The van der Waals surface area contributed by atoms with Crippen molar-refractivity contribution in [2.75, 3.05) is 29.9 Å². The highest BCUT2D eigenvalue weighted by atomic mass is 15.6. The zero-order chi connectivity index (χ0) is 24.0. The van der Waals surface area contributed by atoms with Crippen LogP contribution in [0.3, 0.4) is 0 Å². The van der Waals surface area contributed by atoms with Crippen LogP contribution in [0.25, 0.3) is 5.69 Å². The number of aryl methyl sites for hydroxylation is 1. The molecule has 9 heteroatoms. The third-order valence-corrected chi connectivity index (χ3v) is 6.12. The average molecular weight is 464 g/mol. The summed E-state index contributed by atoms with van der Waals surface area (Å²) in [5, 5.41) is 25.4. The molecule has 3 aromatic carbocycles. The molecule has 174 valence electrons. The Bertz CT molecular complexity index is 1340. The quantitative estimate of drug-likeness (QED) is 0.279. The molecule has 5 rings (SSSR count). The number of rotatable bonds is 4. The number of hydrogen-bond acceptors (Lipinski definition) is 6. The highest BCUT2D eigenvalue weighted by molar-refractivity contribution is 5.95. The molecule has 0 amide bonds. The largest absolute Gasteiger partial charge is 0.335 e. The maximum atomic E-state index is 9.49. The third kappa shape index (κ3) is 4.68. The van der Waals surface area contributed by atoms with E-state index >= 15 is 0 Å². The van der Waals surface area contributed by atoms with Gasteiger partial charge in [0.05, 0.1) is 11.7 Å². The lowest BCUT2D eigenvalue weighted by Gasteiger charge is -2.43. The van der Waals surface area contributed by atoms with Gasteiger partial charge in [-0.15, -0.1) is 4.99 Å². The number of anilines is 2. The van der Waals surface area contributed by atoms with Crippen molar-refractivity contribution in [2.24, 2.45) is 4.99 Å². The van der Waals surface area contributed by atoms with Gasteiger partial charge in [-0.25, -0.2) is 0 Å². The van der Waals surface area contributed by atoms with Crippen LogP contribution in [-0.4, -0.2) is 50.7 Å². The number of guanidine groups is 1. The molecule has 35 heavy (non-hydrogen) atoms. The Morgan fingerprint density at radius 3 is 2.43 bits per heavy atom. The van der Waals surface area contributed by atoms with Crippen molar-refractivity contribution in [3.63, 3.8) is 0 Å². The molecule has 1 aromatic heterocycles. The summed E-state index contributed by atoms with van der Waals surface area (Å²) >= 11 is 0. The summed E-state index contributed by atoms with van der Waals surface area (Å²) in [7, 11) is 0. The number of aromatic nitrogens is 4. The van der Waals surface area contributed by atoms with Crippen LogP contribution < -0.4 is 10.2 Å². The number of para-hydroxylation sites is 2. The summed E-state index contributed by atoms with van der Waals surface area (Å²) in [4.78, 5) is 8.52. The van der Waals surface area contributed by atoms with Gasteiger partial charge in [-0.05, 0) is 46.7 Å². The lowest BCUT2D eigenvalue weighted by Crippen LogP contribution is -2.53. The molecule has 1 fully saturated rings. The van der Waals surface area contributed by atoms with Crippen LogP contribution in [0.2, 0.25) is 0 Å². The van der Waals surface area contributed by atoms with E-state index in [0.717, 1.165) is 22.5 Å². The fraction of sp³-hybridized carbons (Fsp3) is 0.192. The van der Waals surface area contributed by atoms with E-state index < -0.39 is 0 Å². The number of hydrogen-bond donors (Lipinski definition) is 1. The first kappa shape index (κ1) is 22.1. The SMILES string of the molecule is Cc1ccccc1N/C(=N\C#N)N1CCN(c2nnnn2-c2ccccc2)CC1c1ccccc1. The van der Waals surface area contributed by atoms with Crippen LogP contribution in [0.5, 0.6) is 0 Å². The van der Waals surface area contributed by atoms with E-state index in [-0.39, 0.29) is 6.04 Å². The molecule has 2 heterocycles. The Morgan fingerprint density at radius 2 is 1.69 bits per heavy atom. The molecule has 1 aliphatic heterocycles. The Hall–Kier alpha value is -4.71. The maximum Gasteiger partial charge on any atom is 0.250 e. The summed E-state index contributed by atoms with van der Waals surface area (Å²) in [6, 6.07) is 28.0. The molecule has 4 aromatic rings. The highest BCUT2D eigenvalue weighted by Crippen LogP contribution is 2.29. The van der Waals surface area contributed by atoms with E-state index in [4.69, 9.17) is 0 Å². The maximum absolute atomic E-state index is 9.49. The highest BCUT2D eigenvalue weighted by Gasteiger charge is 2.33. The van der Waals surface area contributed by atoms with Crippen LogP contribution in [0.4, 0.5) is 11.6 Å². The molecule has 1 N–H and O–H groups in total. The van der Waals surface area contributed by atoms with Gasteiger partial charge in [-0.3, -0.25) is 0 Å². The standard InChI is InChI=1S/C26H25N9/c1-20-10-8-9-15-23(20)29-25(28-19-27)34-17-16-33(18-24(34)21-11-4-2-5-12-21)26-30-31-32-35(26)22-13-6-3-7-14-22/h2-15,24H,16-18H2,1H3,(H,28,29). The number of nitrogens with one attached hydrogen (secondary N) is 1. The van der Waals surface area contributed by atoms with Crippen molar-refractivity contribution in [1.29, 1.82) is 5.26 Å². The molecule has 1 saturated heterocycles. The predicted octanol–water partition coefficient (Wildman–Crippen LogP) is 3.78. The second-order valence-corrected chi connectivity index (χ2v) is 8.27. The molecule has 0 bridgehead atoms. The Labute approximate surface area is 203 Å². The molecule has 9 nitrogen and oxygen atoms in total. The first-order chi connectivity index (χ1) is 17.2. The molecule has 1 unspecified atom stereocenters. The third-order valence-electron chi connectivity index (χ3n) is 6.12. The van der Waals surface area contributed by atoms with Crippen molar-refractivity contribution in [1.82, 2.24) is 25.1 Å². The summed E-state index contributed by atoms with van der Waals surface area (Å²) in [5.41, 5.74) is 4.02. The average Bonchev–Trinajstić information content (AvgIpc) is 3.40. The summed E-state index contributed by atoms with van der Waals surface area (Å²) < 4.78 is 1.76. The van der Waals surface area contributed by atoms with E-state index in [9.17, 15) is 5.26 Å². The second kappa shape index (κ2) is 10.1. The van der Waals surface area contributed by atoms with Crippen LogP contribution in [-0.2, 0) is 0 Å². The van der Waals surface area contributed by atoms with E-state index in [0.29, 0.717) is 31.5 Å². The number of nitrogens with zero attached hydrogens (tertiary/aromatic N) is 8. The summed E-state index contributed by atoms with van der Waals surface area (Å²) in [6.45, 7) is 3.94. The molecule has 0 aliphatic carbocycles. The van der Waals surface area contributed by atoms with Gasteiger partial charge in [0.2, 0.25) is 12.2 Å². The van der Waals surface area contributed by atoms with Gasteiger partial charge in [-0.2, -0.15) is 9.94 Å². The smallest absolute Gasteiger partial charge is 0.250 e. The van der Waals surface area contributed by atoms with Gasteiger partial charge in [0.25, 0.3) is 5.95 Å². The monoisotopic (exact) mass is 463 g/mol. The topological polar surface area (TPSA) is 98.3 Å². The van der Waals surface area contributed by atoms with Gasteiger partial charge in [0.1, 0.15) is 0 Å². The lowest BCUT2D eigenvalue weighted by atomic mass is 10.0. The van der Waals surface area contributed by atoms with Crippen molar-refractivity contribution in [3.8, 4) is 11.9 Å². The van der Waals surface area contributed by atoms with Gasteiger partial charge >= 0.3 is 0 Å². The fourth-order valence-corrected chi connectivity index (χ4v) is 4.34. The van der Waals surface area contributed by atoms with Crippen molar-refractivity contribution in [3.05, 3.63) is 96.1 Å². The molecule has 1 atom stereocenters. The molecule has 0 radical (unpaired) electrons. The Balaban J connectivity index is 1.48. The first-order valence-electron chi connectivity index (χ1n) is 11.4. The molecule has 1 aliphatic rings. The van der Waals surface area contributed by atoms with E-state index in [1.807, 2.05) is 85.9 Å². The molecule has 0 spiro atoms. The van der Waals surface area contributed by atoms with E-state index in [2.05, 4.69) is 47.8 Å². The Kier molecular flexibility index (Phi) is 6.35. The van der Waals surface area contributed by atoms with Gasteiger partial charge < -0.3 is 15.1 Å². The van der Waals surface area contributed by atoms with Crippen LogP contribution in [0.1, 0.15) is 17.2 Å². The van der Waals surface area contributed by atoms with Crippen molar-refractivity contribution >= 4 is 17.6 Å². The summed E-state index contributed by atoms with van der Waals surface area (Å²) in [5.74, 6) is 1.21. The predicted molar refractivity (Wildman–Crippen MR) is 135 cm³/mol. The second-order valence-electron chi connectivity index (χ2n) is 8.27. The molecular weight excluding hydrogens is 438 g/mol. The number of tetrazole rings is 1. The van der Waals surface area contributed by atoms with E-state index in [1.54, 1.807) is 4.68 Å². The van der Waals surface area contributed by atoms with Crippen molar-refractivity contribution in [2.45, 2.75) is 13.0 Å². The van der Waals surface area contributed by atoms with Crippen LogP contribution in [0, 0.1) is 18.4 Å². The minimum Gasteiger partial charge on any atom is -0.335 e. The zero-order valence-electron chi connectivity index (χ0n) is 19.4. The number of benzene rings is 3. The van der Waals surface area contributed by atoms with E-state index in [1.165, 1.54) is 0 Å². The van der Waals surface area contributed by atoms with Crippen molar-refractivity contribution < 1.29 is 0 Å².